The van der Waals surface area contributed by atoms with Crippen LogP contribution in [0.25, 0.3) is 0 Å². The van der Waals surface area contributed by atoms with Gasteiger partial charge in [0.15, 0.2) is 12.4 Å². The van der Waals surface area contributed by atoms with E-state index < -0.39 is 18.5 Å². The molecule has 2 aromatic heterocycles. The molecule has 3 rings (SSSR count). The van der Waals surface area contributed by atoms with E-state index in [0.717, 1.165) is 10.7 Å². The number of amides is 1. The van der Waals surface area contributed by atoms with Crippen LogP contribution in [0.1, 0.15) is 26.8 Å². The van der Waals surface area contributed by atoms with E-state index in [1.54, 1.807) is 48.6 Å². The minimum absolute atomic E-state index is 0.269. The first-order chi connectivity index (χ1) is 13.0. The van der Waals surface area contributed by atoms with Gasteiger partial charge in [-0.3, -0.25) is 4.79 Å². The molecule has 0 atom stereocenters. The molecular weight excluding hydrogens is 370 g/mol. The molecule has 0 unspecified atom stereocenters. The van der Waals surface area contributed by atoms with Gasteiger partial charge < -0.3 is 19.3 Å². The number of hydrogen-bond donors (Lipinski definition) is 1. The number of carbonyl (C=O) groups is 2. The normalized spacial score (nSPS) is 10.4. The van der Waals surface area contributed by atoms with Gasteiger partial charge in [-0.25, -0.2) is 9.78 Å². The highest BCUT2D eigenvalue weighted by Crippen LogP contribution is 2.16. The Balaban J connectivity index is 1.46. The molecule has 2 heterocycles. The number of aryl methyl sites for hydroxylation is 2. The largest absolute Gasteiger partial charge is 0.487 e. The maximum absolute atomic E-state index is 12.0. The van der Waals surface area contributed by atoms with Crippen LogP contribution in [0.2, 0.25) is 0 Å². The van der Waals surface area contributed by atoms with Crippen LogP contribution in [-0.4, -0.2) is 28.6 Å². The number of esters is 1. The zero-order valence-corrected chi connectivity index (χ0v) is 15.5. The van der Waals surface area contributed by atoms with Crippen LogP contribution in [0.5, 0.6) is 5.75 Å². The third-order valence-corrected chi connectivity index (χ3v) is 4.20. The lowest BCUT2D eigenvalue weighted by Crippen LogP contribution is -2.21. The van der Waals surface area contributed by atoms with Crippen molar-refractivity contribution in [1.82, 2.24) is 10.1 Å². The van der Waals surface area contributed by atoms with Crippen molar-refractivity contribution in [2.45, 2.75) is 20.5 Å². The second kappa shape index (κ2) is 8.45. The molecule has 0 radical (unpaired) electrons. The lowest BCUT2D eigenvalue weighted by atomic mass is 10.2. The zero-order valence-electron chi connectivity index (χ0n) is 14.7. The maximum Gasteiger partial charge on any atom is 0.338 e. The van der Waals surface area contributed by atoms with Crippen molar-refractivity contribution in [2.24, 2.45) is 0 Å². The van der Waals surface area contributed by atoms with Crippen molar-refractivity contribution < 1.29 is 23.6 Å². The fourth-order valence-corrected chi connectivity index (χ4v) is 2.74. The maximum atomic E-state index is 12.0. The quantitative estimate of drug-likeness (QED) is 0.621. The summed E-state index contributed by atoms with van der Waals surface area (Å²) >= 11 is 1.56. The molecule has 0 saturated carbocycles. The fraction of sp³-hybridized carbons (Fsp3) is 0.222. The standard InChI is InChI=1S/C18H17N3O5S/c1-11-7-16(21-26-11)20-17(22)9-25-18(23)13-3-5-15(6-4-13)24-8-14-10-27-12(2)19-14/h3-7,10H,8-9H2,1-2H3,(H,20,21,22). The average Bonchev–Trinajstić information content (AvgIpc) is 3.26. The molecule has 0 aliphatic carbocycles. The Bertz CT molecular complexity index is 933. The van der Waals surface area contributed by atoms with Crippen LogP contribution < -0.4 is 10.1 Å². The van der Waals surface area contributed by atoms with Crippen LogP contribution in [-0.2, 0) is 16.1 Å². The Morgan fingerprint density at radius 2 is 2.00 bits per heavy atom. The number of nitrogens with one attached hydrogen (secondary N) is 1. The van der Waals surface area contributed by atoms with Crippen molar-refractivity contribution in [3.05, 3.63) is 57.7 Å². The number of hydrogen-bond acceptors (Lipinski definition) is 8. The number of nitrogens with zero attached hydrogens (tertiary/aromatic N) is 2. The Labute approximate surface area is 159 Å². The molecule has 3 aromatic rings. The minimum Gasteiger partial charge on any atom is -0.487 e. The molecule has 0 aliphatic heterocycles. The third-order valence-electron chi connectivity index (χ3n) is 3.37. The minimum atomic E-state index is -0.608. The second-order valence-corrected chi connectivity index (χ2v) is 6.68. The predicted molar refractivity (Wildman–Crippen MR) is 97.8 cm³/mol. The van der Waals surface area contributed by atoms with Crippen LogP contribution in [0.4, 0.5) is 5.82 Å². The Morgan fingerprint density at radius 1 is 1.22 bits per heavy atom. The molecule has 1 N–H and O–H groups in total. The summed E-state index contributed by atoms with van der Waals surface area (Å²) in [5.74, 6) is 0.328. The Kier molecular flexibility index (Phi) is 5.82. The van der Waals surface area contributed by atoms with Crippen LogP contribution >= 0.6 is 11.3 Å². The molecule has 27 heavy (non-hydrogen) atoms. The van der Waals surface area contributed by atoms with E-state index in [2.05, 4.69) is 15.5 Å². The van der Waals surface area contributed by atoms with Crippen molar-refractivity contribution in [2.75, 3.05) is 11.9 Å². The van der Waals surface area contributed by atoms with Crippen molar-refractivity contribution in [3.63, 3.8) is 0 Å². The molecule has 0 aliphatic rings. The first-order valence-corrected chi connectivity index (χ1v) is 8.92. The molecule has 0 saturated heterocycles. The number of anilines is 1. The van der Waals surface area contributed by atoms with Gasteiger partial charge in [-0.1, -0.05) is 5.16 Å². The first kappa shape index (κ1) is 18.6. The van der Waals surface area contributed by atoms with E-state index in [9.17, 15) is 9.59 Å². The van der Waals surface area contributed by atoms with E-state index >= 15 is 0 Å². The summed E-state index contributed by atoms with van der Waals surface area (Å²) in [6.45, 7) is 3.57. The average molecular weight is 387 g/mol. The van der Waals surface area contributed by atoms with Gasteiger partial charge in [0.2, 0.25) is 0 Å². The third kappa shape index (κ3) is 5.38. The Hall–Kier alpha value is -3.20. The van der Waals surface area contributed by atoms with Gasteiger partial charge in [0.1, 0.15) is 18.1 Å². The molecule has 1 aromatic carbocycles. The lowest BCUT2D eigenvalue weighted by Gasteiger charge is -2.07. The van der Waals surface area contributed by atoms with Crippen molar-refractivity contribution >= 4 is 29.0 Å². The zero-order chi connectivity index (χ0) is 19.2. The van der Waals surface area contributed by atoms with E-state index in [1.807, 2.05) is 12.3 Å². The molecule has 140 valence electrons. The molecule has 1 amide bonds. The topological polar surface area (TPSA) is 104 Å². The number of thiazole rings is 1. The van der Waals surface area contributed by atoms with E-state index in [-0.39, 0.29) is 5.82 Å². The molecule has 0 bridgehead atoms. The molecule has 9 heteroatoms. The molecule has 0 spiro atoms. The Morgan fingerprint density at radius 3 is 2.63 bits per heavy atom. The lowest BCUT2D eigenvalue weighted by molar-refractivity contribution is -0.119. The summed E-state index contributed by atoms with van der Waals surface area (Å²) in [7, 11) is 0. The summed E-state index contributed by atoms with van der Waals surface area (Å²) < 4.78 is 15.4. The van der Waals surface area contributed by atoms with Crippen molar-refractivity contribution in [1.29, 1.82) is 0 Å². The number of benzene rings is 1. The van der Waals surface area contributed by atoms with Crippen LogP contribution in [0.3, 0.4) is 0 Å². The molecule has 8 nitrogen and oxygen atoms in total. The van der Waals surface area contributed by atoms with Gasteiger partial charge in [0, 0.05) is 11.4 Å². The fourth-order valence-electron chi connectivity index (χ4n) is 2.14. The smallest absolute Gasteiger partial charge is 0.338 e. The van der Waals surface area contributed by atoms with Gasteiger partial charge in [-0.2, -0.15) is 0 Å². The number of rotatable bonds is 7. The predicted octanol–water partition coefficient (Wildman–Crippen LogP) is 3.12. The number of ether oxygens (including phenoxy) is 2. The summed E-state index contributed by atoms with van der Waals surface area (Å²) in [6, 6.07) is 8.03. The highest BCUT2D eigenvalue weighted by atomic mass is 32.1. The van der Waals surface area contributed by atoms with Crippen LogP contribution in [0.15, 0.2) is 40.2 Å². The van der Waals surface area contributed by atoms with Gasteiger partial charge in [-0.15, -0.1) is 11.3 Å². The van der Waals surface area contributed by atoms with Crippen LogP contribution in [0, 0.1) is 13.8 Å². The monoisotopic (exact) mass is 387 g/mol. The van der Waals surface area contributed by atoms with Gasteiger partial charge in [0.05, 0.1) is 16.3 Å². The van der Waals surface area contributed by atoms with E-state index in [4.69, 9.17) is 14.0 Å². The summed E-state index contributed by atoms with van der Waals surface area (Å²) in [5, 5.41) is 9.01. The first-order valence-electron chi connectivity index (χ1n) is 8.04. The van der Waals surface area contributed by atoms with Gasteiger partial charge in [0.25, 0.3) is 5.91 Å². The summed E-state index contributed by atoms with van der Waals surface area (Å²) in [5.41, 5.74) is 1.17. The van der Waals surface area contributed by atoms with E-state index in [0.29, 0.717) is 23.7 Å². The highest BCUT2D eigenvalue weighted by Gasteiger charge is 2.12. The number of aromatic nitrogens is 2. The van der Waals surface area contributed by atoms with Gasteiger partial charge in [-0.05, 0) is 38.1 Å². The van der Waals surface area contributed by atoms with Gasteiger partial charge >= 0.3 is 5.97 Å². The number of carbonyl (C=O) groups excluding carboxylic acids is 2. The summed E-state index contributed by atoms with van der Waals surface area (Å²) in [4.78, 5) is 28.1. The summed E-state index contributed by atoms with van der Waals surface area (Å²) in [6.07, 6.45) is 0. The van der Waals surface area contributed by atoms with Crippen molar-refractivity contribution in [3.8, 4) is 5.75 Å². The SMILES string of the molecule is Cc1cc(NC(=O)COC(=O)c2ccc(OCc3csc(C)n3)cc2)no1. The van der Waals surface area contributed by atoms with E-state index in [1.165, 1.54) is 0 Å². The molecular formula is C18H17N3O5S. The highest BCUT2D eigenvalue weighted by molar-refractivity contribution is 7.09. The molecule has 0 fully saturated rings. The second-order valence-electron chi connectivity index (χ2n) is 5.62.